The van der Waals surface area contributed by atoms with Crippen LogP contribution in [0.15, 0.2) is 59.7 Å². The van der Waals surface area contributed by atoms with Crippen LogP contribution in [-0.4, -0.2) is 52.2 Å². The number of hydrogen-bond acceptors (Lipinski definition) is 6. The Bertz CT molecular complexity index is 1650. The summed E-state index contributed by atoms with van der Waals surface area (Å²) >= 11 is 0. The zero-order chi connectivity index (χ0) is 27.8. The first-order chi connectivity index (χ1) is 18.7. The number of nitrogens with one attached hydrogen (secondary N) is 1. The van der Waals surface area contributed by atoms with Crippen molar-refractivity contribution in [2.75, 3.05) is 32.6 Å². The molecule has 10 heteroatoms. The number of halogens is 2. The van der Waals surface area contributed by atoms with Gasteiger partial charge >= 0.3 is 5.97 Å². The van der Waals surface area contributed by atoms with Crippen LogP contribution >= 0.6 is 0 Å². The van der Waals surface area contributed by atoms with E-state index in [1.165, 1.54) is 7.11 Å². The summed E-state index contributed by atoms with van der Waals surface area (Å²) in [5.41, 5.74) is 3.37. The van der Waals surface area contributed by atoms with Gasteiger partial charge in [-0.25, -0.2) is 18.6 Å². The SMILES string of the molecule is CNc1ccn(-c2ccnc3c2cc(C(C)N2CC=C(c4c(F)cc(C(=O)OC)cc4F)CC2)n3C)c(=O)c1. The molecule has 3 aromatic heterocycles. The summed E-state index contributed by atoms with van der Waals surface area (Å²) < 4.78 is 37.8. The molecule has 1 aromatic carbocycles. The van der Waals surface area contributed by atoms with Crippen molar-refractivity contribution in [2.45, 2.75) is 19.4 Å². The molecular formula is C29H29F2N5O3. The number of esters is 1. The van der Waals surface area contributed by atoms with Crippen molar-refractivity contribution in [3.63, 3.8) is 0 Å². The van der Waals surface area contributed by atoms with Crippen molar-refractivity contribution in [3.8, 4) is 5.69 Å². The van der Waals surface area contributed by atoms with Crippen molar-refractivity contribution in [1.29, 1.82) is 0 Å². The molecule has 1 aliphatic rings. The van der Waals surface area contributed by atoms with E-state index >= 15 is 0 Å². The molecule has 4 aromatic rings. The Kier molecular flexibility index (Phi) is 7.05. The maximum atomic E-state index is 14.8. The number of aromatic nitrogens is 3. The van der Waals surface area contributed by atoms with Crippen LogP contribution in [0.25, 0.3) is 22.3 Å². The Morgan fingerprint density at radius 1 is 1.15 bits per heavy atom. The highest BCUT2D eigenvalue weighted by molar-refractivity contribution is 5.90. The van der Waals surface area contributed by atoms with Gasteiger partial charge in [0, 0.05) is 74.0 Å². The highest BCUT2D eigenvalue weighted by atomic mass is 19.1. The molecule has 4 heterocycles. The van der Waals surface area contributed by atoms with E-state index in [1.807, 2.05) is 35.9 Å². The molecule has 0 amide bonds. The van der Waals surface area contributed by atoms with Gasteiger partial charge in [-0.15, -0.1) is 0 Å². The number of pyridine rings is 2. The molecule has 1 aliphatic heterocycles. The molecular weight excluding hydrogens is 504 g/mol. The molecule has 0 fully saturated rings. The van der Waals surface area contributed by atoms with Gasteiger partial charge in [0.1, 0.15) is 17.3 Å². The van der Waals surface area contributed by atoms with Crippen LogP contribution in [0.4, 0.5) is 14.5 Å². The third-order valence-corrected chi connectivity index (χ3v) is 7.41. The highest BCUT2D eigenvalue weighted by Crippen LogP contribution is 2.33. The van der Waals surface area contributed by atoms with E-state index in [0.29, 0.717) is 25.1 Å². The Morgan fingerprint density at radius 2 is 1.90 bits per heavy atom. The van der Waals surface area contributed by atoms with Crippen LogP contribution in [0, 0.1) is 11.6 Å². The van der Waals surface area contributed by atoms with Crippen molar-refractivity contribution in [3.05, 3.63) is 93.7 Å². The Morgan fingerprint density at radius 3 is 2.51 bits per heavy atom. The van der Waals surface area contributed by atoms with E-state index in [2.05, 4.69) is 26.9 Å². The van der Waals surface area contributed by atoms with Gasteiger partial charge in [-0.2, -0.15) is 0 Å². The number of nitrogens with zero attached hydrogens (tertiary/aromatic N) is 4. The Balaban J connectivity index is 1.43. The second kappa shape index (κ2) is 10.5. The van der Waals surface area contributed by atoms with Crippen molar-refractivity contribution >= 4 is 28.3 Å². The van der Waals surface area contributed by atoms with Gasteiger partial charge in [0.05, 0.1) is 18.4 Å². The summed E-state index contributed by atoms with van der Waals surface area (Å²) in [6.07, 6.45) is 5.70. The maximum Gasteiger partial charge on any atom is 0.338 e. The molecule has 5 rings (SSSR count). The molecule has 1 unspecified atom stereocenters. The molecule has 0 spiro atoms. The zero-order valence-corrected chi connectivity index (χ0v) is 22.2. The fourth-order valence-electron chi connectivity index (χ4n) is 5.24. The average Bonchev–Trinajstić information content (AvgIpc) is 3.28. The first-order valence-corrected chi connectivity index (χ1v) is 12.6. The third-order valence-electron chi connectivity index (χ3n) is 7.41. The fourth-order valence-corrected chi connectivity index (χ4v) is 5.24. The minimum atomic E-state index is -0.788. The smallest absolute Gasteiger partial charge is 0.338 e. The van der Waals surface area contributed by atoms with Crippen LogP contribution < -0.4 is 10.9 Å². The normalized spacial score (nSPS) is 14.8. The van der Waals surface area contributed by atoms with Crippen LogP contribution in [0.2, 0.25) is 0 Å². The van der Waals surface area contributed by atoms with Crippen LogP contribution in [0.1, 0.15) is 41.0 Å². The summed E-state index contributed by atoms with van der Waals surface area (Å²) in [7, 11) is 4.87. The minimum Gasteiger partial charge on any atom is -0.465 e. The summed E-state index contributed by atoms with van der Waals surface area (Å²) in [5.74, 6) is -2.36. The molecule has 202 valence electrons. The van der Waals surface area contributed by atoms with Gasteiger partial charge in [-0.3, -0.25) is 14.3 Å². The first kappa shape index (κ1) is 26.3. The predicted octanol–water partition coefficient (Wildman–Crippen LogP) is 4.68. The minimum absolute atomic E-state index is 0.0327. The number of rotatable bonds is 6. The lowest BCUT2D eigenvalue weighted by atomic mass is 9.96. The van der Waals surface area contributed by atoms with Gasteiger partial charge < -0.3 is 14.6 Å². The monoisotopic (exact) mass is 533 g/mol. The van der Waals surface area contributed by atoms with Gasteiger partial charge in [-0.05, 0) is 49.2 Å². The third kappa shape index (κ3) is 4.72. The zero-order valence-electron chi connectivity index (χ0n) is 22.2. The lowest BCUT2D eigenvalue weighted by Gasteiger charge is -2.32. The fraction of sp³-hybridized carbons (Fsp3) is 0.276. The quantitative estimate of drug-likeness (QED) is 0.363. The van der Waals surface area contributed by atoms with Crippen LogP contribution in [0.3, 0.4) is 0 Å². The van der Waals surface area contributed by atoms with Crippen molar-refractivity contribution in [1.82, 2.24) is 19.0 Å². The van der Waals surface area contributed by atoms with E-state index in [1.54, 1.807) is 30.1 Å². The number of aryl methyl sites for hydroxylation is 1. The van der Waals surface area contributed by atoms with Crippen LogP contribution in [-0.2, 0) is 11.8 Å². The molecule has 0 saturated heterocycles. The van der Waals surface area contributed by atoms with Gasteiger partial charge in [-0.1, -0.05) is 6.08 Å². The molecule has 1 N–H and O–H groups in total. The van der Waals surface area contributed by atoms with Crippen molar-refractivity contribution < 1.29 is 18.3 Å². The number of carbonyl (C=O) groups excluding carboxylic acids is 1. The van der Waals surface area contributed by atoms with Gasteiger partial charge in [0.25, 0.3) is 5.56 Å². The largest absolute Gasteiger partial charge is 0.465 e. The lowest BCUT2D eigenvalue weighted by Crippen LogP contribution is -2.32. The number of carbonyl (C=O) groups is 1. The van der Waals surface area contributed by atoms with E-state index in [4.69, 9.17) is 0 Å². The van der Waals surface area contributed by atoms with E-state index in [9.17, 15) is 18.4 Å². The average molecular weight is 534 g/mol. The van der Waals surface area contributed by atoms with E-state index < -0.39 is 17.6 Å². The number of benzene rings is 1. The molecule has 8 nitrogen and oxygen atoms in total. The van der Waals surface area contributed by atoms with Gasteiger partial charge in [0.15, 0.2) is 0 Å². The molecule has 0 saturated carbocycles. The summed E-state index contributed by atoms with van der Waals surface area (Å²) in [4.78, 5) is 31.3. The van der Waals surface area contributed by atoms with E-state index in [0.717, 1.165) is 40.2 Å². The number of hydrogen-bond donors (Lipinski definition) is 1. The van der Waals surface area contributed by atoms with Crippen LogP contribution in [0.5, 0.6) is 0 Å². The number of ether oxygens (including phenoxy) is 1. The number of methoxy groups -OCH3 is 1. The Hall–Kier alpha value is -4.31. The first-order valence-electron chi connectivity index (χ1n) is 12.6. The summed E-state index contributed by atoms with van der Waals surface area (Å²) in [6, 6.07) is 9.24. The lowest BCUT2D eigenvalue weighted by molar-refractivity contribution is 0.0599. The number of anilines is 1. The molecule has 39 heavy (non-hydrogen) atoms. The standard InChI is InChI=1S/C29H29F2N5O3/c1-17(35-10-6-18(7-11-35)27-22(30)13-19(14-23(27)31)29(38)39-4)25-16-21-24(5-9-33-28(21)34(25)3)36-12-8-20(32-2)15-26(36)37/h5-6,8-9,12-17,32H,7,10-11H2,1-4H3. The Labute approximate surface area is 224 Å². The molecule has 1 atom stereocenters. The molecule has 0 bridgehead atoms. The predicted molar refractivity (Wildman–Crippen MR) is 146 cm³/mol. The topological polar surface area (TPSA) is 81.4 Å². The molecule has 0 aliphatic carbocycles. The summed E-state index contributed by atoms with van der Waals surface area (Å²) in [6.45, 7) is 3.14. The number of fused-ring (bicyclic) bond motifs is 1. The second-order valence-electron chi connectivity index (χ2n) is 9.53. The van der Waals surface area contributed by atoms with E-state index in [-0.39, 0.29) is 22.7 Å². The highest BCUT2D eigenvalue weighted by Gasteiger charge is 2.26. The maximum absolute atomic E-state index is 14.8. The van der Waals surface area contributed by atoms with Crippen molar-refractivity contribution in [2.24, 2.45) is 7.05 Å². The second-order valence-corrected chi connectivity index (χ2v) is 9.53. The van der Waals surface area contributed by atoms with Gasteiger partial charge in [0.2, 0.25) is 0 Å². The summed E-state index contributed by atoms with van der Waals surface area (Å²) in [5, 5.41) is 3.83. The molecule has 0 radical (unpaired) electrons.